The van der Waals surface area contributed by atoms with Gasteiger partial charge in [0.15, 0.2) is 0 Å². The quantitative estimate of drug-likeness (QED) is 0.678. The Kier molecular flexibility index (Phi) is 3.83. The second-order valence-electron chi connectivity index (χ2n) is 4.52. The van der Waals surface area contributed by atoms with Crippen LogP contribution < -0.4 is 10.6 Å². The molecule has 0 aromatic heterocycles. The van der Waals surface area contributed by atoms with Crippen LogP contribution in [0, 0.1) is 0 Å². The van der Waals surface area contributed by atoms with E-state index < -0.39 is 0 Å². The molecule has 0 aliphatic carbocycles. The number of nitrogens with zero attached hydrogens (tertiary/aromatic N) is 1. The first kappa shape index (κ1) is 10.7. The molecule has 2 heterocycles. The molecule has 0 aromatic rings. The summed E-state index contributed by atoms with van der Waals surface area (Å²) in [6, 6.07) is 0.544. The lowest BCUT2D eigenvalue weighted by atomic mass is 10.1. The van der Waals surface area contributed by atoms with Crippen LogP contribution in [0.15, 0.2) is 0 Å². The average molecular weight is 211 g/mol. The summed E-state index contributed by atoms with van der Waals surface area (Å²) in [6.45, 7) is 3.95. The van der Waals surface area contributed by atoms with Crippen molar-refractivity contribution in [3.05, 3.63) is 0 Å². The molecule has 0 unspecified atom stereocenters. The SMILES string of the molecule is O=C(NC1CCNCC1)N1CCCCC1. The molecule has 0 atom stereocenters. The minimum absolute atomic E-state index is 0.154. The first-order valence-corrected chi connectivity index (χ1v) is 6.12. The Morgan fingerprint density at radius 2 is 1.80 bits per heavy atom. The summed E-state index contributed by atoms with van der Waals surface area (Å²) < 4.78 is 0. The summed E-state index contributed by atoms with van der Waals surface area (Å²) in [6.07, 6.45) is 5.75. The van der Waals surface area contributed by atoms with Gasteiger partial charge in [0, 0.05) is 19.1 Å². The largest absolute Gasteiger partial charge is 0.335 e. The number of amides is 2. The van der Waals surface area contributed by atoms with Gasteiger partial charge in [0.1, 0.15) is 0 Å². The van der Waals surface area contributed by atoms with Crippen molar-refractivity contribution in [3.63, 3.8) is 0 Å². The van der Waals surface area contributed by atoms with E-state index in [0.717, 1.165) is 39.0 Å². The van der Waals surface area contributed by atoms with Gasteiger partial charge >= 0.3 is 6.03 Å². The van der Waals surface area contributed by atoms with Gasteiger partial charge < -0.3 is 15.5 Å². The fourth-order valence-corrected chi connectivity index (χ4v) is 2.33. The van der Waals surface area contributed by atoms with Crippen LogP contribution in [0.4, 0.5) is 4.79 Å². The molecule has 2 aliphatic rings. The molecule has 2 fully saturated rings. The fourth-order valence-electron chi connectivity index (χ4n) is 2.33. The molecule has 86 valence electrons. The number of piperidine rings is 2. The zero-order chi connectivity index (χ0) is 10.5. The molecule has 2 amide bonds. The van der Waals surface area contributed by atoms with Gasteiger partial charge in [0.25, 0.3) is 0 Å². The third-order valence-corrected chi connectivity index (χ3v) is 3.31. The minimum atomic E-state index is 0.154. The Hall–Kier alpha value is -0.770. The highest BCUT2D eigenvalue weighted by molar-refractivity contribution is 5.74. The molecule has 4 heteroatoms. The van der Waals surface area contributed by atoms with Gasteiger partial charge in [-0.15, -0.1) is 0 Å². The third kappa shape index (κ3) is 3.09. The number of urea groups is 1. The van der Waals surface area contributed by atoms with Crippen LogP contribution in [0.1, 0.15) is 32.1 Å². The highest BCUT2D eigenvalue weighted by Crippen LogP contribution is 2.10. The Bertz CT molecular complexity index is 208. The smallest absolute Gasteiger partial charge is 0.317 e. The zero-order valence-electron chi connectivity index (χ0n) is 9.30. The summed E-state index contributed by atoms with van der Waals surface area (Å²) in [4.78, 5) is 13.8. The number of hydrogen-bond acceptors (Lipinski definition) is 2. The van der Waals surface area contributed by atoms with E-state index in [4.69, 9.17) is 0 Å². The summed E-state index contributed by atoms with van der Waals surface area (Å²) in [7, 11) is 0. The van der Waals surface area contributed by atoms with Gasteiger partial charge in [-0.05, 0) is 45.2 Å². The van der Waals surface area contributed by atoms with E-state index in [0.29, 0.717) is 6.04 Å². The molecule has 0 spiro atoms. The molecule has 2 saturated heterocycles. The maximum Gasteiger partial charge on any atom is 0.317 e. The van der Waals surface area contributed by atoms with Gasteiger partial charge in [-0.1, -0.05) is 0 Å². The summed E-state index contributed by atoms with van der Waals surface area (Å²) in [5, 5.41) is 6.44. The molecule has 2 rings (SSSR count). The van der Waals surface area contributed by atoms with Crippen LogP contribution in [0.3, 0.4) is 0 Å². The van der Waals surface area contributed by atoms with Gasteiger partial charge in [0.05, 0.1) is 0 Å². The van der Waals surface area contributed by atoms with Crippen molar-refractivity contribution in [2.45, 2.75) is 38.1 Å². The fraction of sp³-hybridized carbons (Fsp3) is 0.909. The monoisotopic (exact) mass is 211 g/mol. The van der Waals surface area contributed by atoms with Gasteiger partial charge in [-0.25, -0.2) is 4.79 Å². The minimum Gasteiger partial charge on any atom is -0.335 e. The van der Waals surface area contributed by atoms with Crippen LogP contribution in [0.5, 0.6) is 0 Å². The van der Waals surface area contributed by atoms with Crippen molar-refractivity contribution in [1.82, 2.24) is 15.5 Å². The second-order valence-corrected chi connectivity index (χ2v) is 4.52. The van der Waals surface area contributed by atoms with Crippen LogP contribution in [-0.4, -0.2) is 43.2 Å². The number of hydrogen-bond donors (Lipinski definition) is 2. The lowest BCUT2D eigenvalue weighted by molar-refractivity contribution is 0.180. The lowest BCUT2D eigenvalue weighted by Crippen LogP contribution is -2.49. The molecule has 15 heavy (non-hydrogen) atoms. The molecule has 4 nitrogen and oxygen atoms in total. The maximum absolute atomic E-state index is 11.9. The second kappa shape index (κ2) is 5.35. The molecule has 0 radical (unpaired) electrons. The average Bonchev–Trinajstić information content (AvgIpc) is 2.31. The summed E-state index contributed by atoms with van der Waals surface area (Å²) >= 11 is 0. The summed E-state index contributed by atoms with van der Waals surface area (Å²) in [5.74, 6) is 0. The number of carbonyl (C=O) groups excluding carboxylic acids is 1. The van der Waals surface area contributed by atoms with Crippen LogP contribution >= 0.6 is 0 Å². The predicted octanol–water partition coefficient (Wildman–Crippen LogP) is 0.934. The van der Waals surface area contributed by atoms with Gasteiger partial charge in [0.2, 0.25) is 0 Å². The standard InChI is InChI=1S/C11H21N3O/c15-11(14-8-2-1-3-9-14)13-10-4-6-12-7-5-10/h10,12H,1-9H2,(H,13,15). The summed E-state index contributed by atoms with van der Waals surface area (Å²) in [5.41, 5.74) is 0. The Morgan fingerprint density at radius 3 is 2.47 bits per heavy atom. The first-order valence-electron chi connectivity index (χ1n) is 6.12. The van der Waals surface area contributed by atoms with E-state index in [-0.39, 0.29) is 6.03 Å². The highest BCUT2D eigenvalue weighted by Gasteiger charge is 2.20. The molecular weight excluding hydrogens is 190 g/mol. The topological polar surface area (TPSA) is 44.4 Å². The molecule has 0 saturated carbocycles. The number of rotatable bonds is 1. The Balaban J connectivity index is 1.74. The lowest BCUT2D eigenvalue weighted by Gasteiger charge is -2.30. The van der Waals surface area contributed by atoms with Gasteiger partial charge in [-0.2, -0.15) is 0 Å². The van der Waals surface area contributed by atoms with Crippen molar-refractivity contribution in [3.8, 4) is 0 Å². The first-order chi connectivity index (χ1) is 7.36. The zero-order valence-corrected chi connectivity index (χ0v) is 9.30. The van der Waals surface area contributed by atoms with Crippen molar-refractivity contribution in [2.75, 3.05) is 26.2 Å². The third-order valence-electron chi connectivity index (χ3n) is 3.31. The van der Waals surface area contributed by atoms with Crippen LogP contribution in [0.25, 0.3) is 0 Å². The predicted molar refractivity (Wildman–Crippen MR) is 59.8 cm³/mol. The number of likely N-dealkylation sites (tertiary alicyclic amines) is 1. The van der Waals surface area contributed by atoms with E-state index >= 15 is 0 Å². The van der Waals surface area contributed by atoms with Crippen molar-refractivity contribution in [1.29, 1.82) is 0 Å². The van der Waals surface area contributed by atoms with E-state index in [1.165, 1.54) is 19.3 Å². The number of nitrogens with one attached hydrogen (secondary N) is 2. The molecule has 2 N–H and O–H groups in total. The van der Waals surface area contributed by atoms with E-state index in [9.17, 15) is 4.79 Å². The molecule has 2 aliphatic heterocycles. The van der Waals surface area contributed by atoms with Crippen LogP contribution in [-0.2, 0) is 0 Å². The molecule has 0 bridgehead atoms. The van der Waals surface area contributed by atoms with E-state index in [1.54, 1.807) is 0 Å². The highest BCUT2D eigenvalue weighted by atomic mass is 16.2. The Morgan fingerprint density at radius 1 is 1.13 bits per heavy atom. The molecule has 0 aromatic carbocycles. The molecular formula is C11H21N3O. The number of carbonyl (C=O) groups is 1. The van der Waals surface area contributed by atoms with Crippen LogP contribution in [0.2, 0.25) is 0 Å². The van der Waals surface area contributed by atoms with Crippen molar-refractivity contribution < 1.29 is 4.79 Å². The maximum atomic E-state index is 11.9. The van der Waals surface area contributed by atoms with Crippen molar-refractivity contribution in [2.24, 2.45) is 0 Å². The van der Waals surface area contributed by atoms with Gasteiger partial charge in [-0.3, -0.25) is 0 Å². The van der Waals surface area contributed by atoms with E-state index in [1.807, 2.05) is 4.90 Å². The Labute approximate surface area is 91.4 Å². The van der Waals surface area contributed by atoms with E-state index in [2.05, 4.69) is 10.6 Å². The van der Waals surface area contributed by atoms with Crippen molar-refractivity contribution >= 4 is 6.03 Å². The normalized spacial score (nSPS) is 23.9.